The molecule has 0 atom stereocenters. The first-order valence-corrected chi connectivity index (χ1v) is 9.26. The molecule has 5 nitrogen and oxygen atoms in total. The third-order valence-corrected chi connectivity index (χ3v) is 4.51. The number of piperidine rings is 1. The summed E-state index contributed by atoms with van der Waals surface area (Å²) in [6, 6.07) is 10.4. The van der Waals surface area contributed by atoms with Gasteiger partial charge in [0.2, 0.25) is 5.95 Å². The fourth-order valence-corrected chi connectivity index (χ4v) is 3.05. The average molecular weight is 340 g/mol. The molecule has 25 heavy (non-hydrogen) atoms. The second-order valence-corrected chi connectivity index (χ2v) is 6.61. The van der Waals surface area contributed by atoms with Gasteiger partial charge in [-0.1, -0.05) is 37.3 Å². The molecule has 0 amide bonds. The second-order valence-electron chi connectivity index (χ2n) is 6.61. The summed E-state index contributed by atoms with van der Waals surface area (Å²) in [7, 11) is 0. The van der Waals surface area contributed by atoms with Gasteiger partial charge in [-0.15, -0.1) is 0 Å². The molecule has 1 N–H and O–H groups in total. The third kappa shape index (κ3) is 5.80. The molecule has 2 heterocycles. The van der Waals surface area contributed by atoms with E-state index in [4.69, 9.17) is 4.74 Å². The van der Waals surface area contributed by atoms with Gasteiger partial charge in [-0.05, 0) is 24.8 Å². The molecule has 0 spiro atoms. The highest BCUT2D eigenvalue weighted by Crippen LogP contribution is 2.17. The van der Waals surface area contributed by atoms with Crippen LogP contribution in [0, 0.1) is 0 Å². The normalized spacial score (nSPS) is 16.0. The quantitative estimate of drug-likeness (QED) is 0.797. The van der Waals surface area contributed by atoms with Gasteiger partial charge >= 0.3 is 0 Å². The van der Waals surface area contributed by atoms with Gasteiger partial charge in [0.05, 0.1) is 12.7 Å². The van der Waals surface area contributed by atoms with Crippen LogP contribution in [0.25, 0.3) is 0 Å². The van der Waals surface area contributed by atoms with Crippen molar-refractivity contribution in [2.45, 2.75) is 45.4 Å². The number of likely N-dealkylation sites (tertiary alicyclic amines) is 1. The van der Waals surface area contributed by atoms with Gasteiger partial charge in [0.25, 0.3) is 0 Å². The highest BCUT2D eigenvalue weighted by atomic mass is 16.5. The van der Waals surface area contributed by atoms with Crippen LogP contribution in [-0.2, 0) is 17.9 Å². The van der Waals surface area contributed by atoms with Crippen molar-refractivity contribution >= 4 is 5.95 Å². The second kappa shape index (κ2) is 9.49. The molecule has 2 aromatic rings. The zero-order valence-electron chi connectivity index (χ0n) is 15.0. The van der Waals surface area contributed by atoms with Gasteiger partial charge in [-0.25, -0.2) is 9.97 Å². The predicted octanol–water partition coefficient (Wildman–Crippen LogP) is 3.48. The number of benzene rings is 1. The minimum atomic E-state index is 0.369. The number of aromatic nitrogens is 2. The summed E-state index contributed by atoms with van der Waals surface area (Å²) >= 11 is 0. The van der Waals surface area contributed by atoms with Crippen molar-refractivity contribution in [1.29, 1.82) is 0 Å². The van der Waals surface area contributed by atoms with E-state index >= 15 is 0 Å². The minimum absolute atomic E-state index is 0.369. The number of rotatable bonds is 8. The fourth-order valence-electron chi connectivity index (χ4n) is 3.05. The first-order chi connectivity index (χ1) is 12.3. The van der Waals surface area contributed by atoms with Crippen molar-refractivity contribution in [1.82, 2.24) is 14.9 Å². The highest BCUT2D eigenvalue weighted by Gasteiger charge is 2.19. The maximum absolute atomic E-state index is 6.06. The van der Waals surface area contributed by atoms with E-state index in [1.54, 1.807) is 0 Å². The van der Waals surface area contributed by atoms with Gasteiger partial charge in [-0.3, -0.25) is 4.90 Å². The first kappa shape index (κ1) is 17.8. The summed E-state index contributed by atoms with van der Waals surface area (Å²) in [5.74, 6) is 0.721. The lowest BCUT2D eigenvalue weighted by atomic mass is 10.1. The van der Waals surface area contributed by atoms with E-state index in [0.717, 1.165) is 51.4 Å². The van der Waals surface area contributed by atoms with Crippen molar-refractivity contribution in [2.24, 2.45) is 0 Å². The molecule has 1 fully saturated rings. The van der Waals surface area contributed by atoms with Crippen molar-refractivity contribution < 1.29 is 4.74 Å². The number of ether oxygens (including phenoxy) is 1. The average Bonchev–Trinajstić information content (AvgIpc) is 2.68. The Morgan fingerprint density at radius 2 is 1.80 bits per heavy atom. The summed E-state index contributed by atoms with van der Waals surface area (Å²) < 4.78 is 6.06. The topological polar surface area (TPSA) is 50.3 Å². The Kier molecular flexibility index (Phi) is 6.77. The molecule has 1 aromatic carbocycles. The SMILES string of the molecule is CCCNc1ncc(CN2CCC(OCc3ccccc3)CC2)cn1. The van der Waals surface area contributed by atoms with E-state index in [2.05, 4.69) is 51.4 Å². The lowest BCUT2D eigenvalue weighted by Gasteiger charge is -2.31. The van der Waals surface area contributed by atoms with Crippen LogP contribution in [0.2, 0.25) is 0 Å². The van der Waals surface area contributed by atoms with Crippen molar-refractivity contribution in [3.05, 3.63) is 53.9 Å². The molecule has 3 rings (SSSR count). The van der Waals surface area contributed by atoms with Crippen molar-refractivity contribution in [3.63, 3.8) is 0 Å². The Hall–Kier alpha value is -1.98. The molecule has 1 aliphatic rings. The largest absolute Gasteiger partial charge is 0.373 e. The number of anilines is 1. The van der Waals surface area contributed by atoms with Gasteiger partial charge in [0.15, 0.2) is 0 Å². The summed E-state index contributed by atoms with van der Waals surface area (Å²) in [6.45, 7) is 6.81. The molecule has 1 aromatic heterocycles. The molecule has 0 bridgehead atoms. The number of nitrogens with zero attached hydrogens (tertiary/aromatic N) is 3. The Bertz CT molecular complexity index is 609. The van der Waals surface area contributed by atoms with Gasteiger partial charge in [0, 0.05) is 44.1 Å². The van der Waals surface area contributed by atoms with Crippen LogP contribution in [-0.4, -0.2) is 40.6 Å². The lowest BCUT2D eigenvalue weighted by Crippen LogP contribution is -2.36. The number of hydrogen-bond donors (Lipinski definition) is 1. The van der Waals surface area contributed by atoms with Gasteiger partial charge < -0.3 is 10.1 Å². The summed E-state index contributed by atoms with van der Waals surface area (Å²) in [4.78, 5) is 11.2. The molecule has 0 radical (unpaired) electrons. The fraction of sp³-hybridized carbons (Fsp3) is 0.500. The lowest BCUT2D eigenvalue weighted by molar-refractivity contribution is -0.00396. The zero-order chi connectivity index (χ0) is 17.3. The van der Waals surface area contributed by atoms with Gasteiger partial charge in [0.1, 0.15) is 0 Å². The Balaban J connectivity index is 1.38. The first-order valence-electron chi connectivity index (χ1n) is 9.26. The third-order valence-electron chi connectivity index (χ3n) is 4.51. The molecular formula is C20H28N4O. The molecule has 1 aliphatic heterocycles. The maximum atomic E-state index is 6.06. The summed E-state index contributed by atoms with van der Waals surface area (Å²) in [6.07, 6.45) is 7.49. The molecule has 0 saturated carbocycles. The van der Waals surface area contributed by atoms with E-state index in [1.165, 1.54) is 11.1 Å². The van der Waals surface area contributed by atoms with Crippen LogP contribution in [0.1, 0.15) is 37.3 Å². The van der Waals surface area contributed by atoms with Crippen LogP contribution >= 0.6 is 0 Å². The molecule has 0 aliphatic carbocycles. The van der Waals surface area contributed by atoms with E-state index in [0.29, 0.717) is 12.7 Å². The van der Waals surface area contributed by atoms with E-state index in [9.17, 15) is 0 Å². The molecule has 1 saturated heterocycles. The number of nitrogens with one attached hydrogen (secondary N) is 1. The van der Waals surface area contributed by atoms with Gasteiger partial charge in [-0.2, -0.15) is 0 Å². The maximum Gasteiger partial charge on any atom is 0.222 e. The standard InChI is InChI=1S/C20H28N4O/c1-2-10-21-20-22-13-18(14-23-20)15-24-11-8-19(9-12-24)25-16-17-6-4-3-5-7-17/h3-7,13-14,19H,2,8-12,15-16H2,1H3,(H,21,22,23). The van der Waals surface area contributed by atoms with Crippen LogP contribution in [0.3, 0.4) is 0 Å². The Morgan fingerprint density at radius 1 is 1.08 bits per heavy atom. The van der Waals surface area contributed by atoms with Crippen molar-refractivity contribution in [2.75, 3.05) is 25.0 Å². The number of hydrogen-bond acceptors (Lipinski definition) is 5. The molecule has 0 unspecified atom stereocenters. The predicted molar refractivity (Wildman–Crippen MR) is 100 cm³/mol. The van der Waals surface area contributed by atoms with Crippen molar-refractivity contribution in [3.8, 4) is 0 Å². The molecule has 134 valence electrons. The summed E-state index contributed by atoms with van der Waals surface area (Å²) in [5, 5.41) is 3.21. The highest BCUT2D eigenvalue weighted by molar-refractivity contribution is 5.24. The Morgan fingerprint density at radius 3 is 2.48 bits per heavy atom. The van der Waals surface area contributed by atoms with E-state index < -0.39 is 0 Å². The Labute approximate surface area is 150 Å². The zero-order valence-corrected chi connectivity index (χ0v) is 15.0. The minimum Gasteiger partial charge on any atom is -0.373 e. The molecule has 5 heteroatoms. The van der Waals surface area contributed by atoms with Crippen LogP contribution in [0.4, 0.5) is 5.95 Å². The smallest absolute Gasteiger partial charge is 0.222 e. The van der Waals surface area contributed by atoms with E-state index in [-0.39, 0.29) is 0 Å². The molecular weight excluding hydrogens is 312 g/mol. The monoisotopic (exact) mass is 340 g/mol. The van der Waals surface area contributed by atoms with Crippen LogP contribution in [0.5, 0.6) is 0 Å². The van der Waals surface area contributed by atoms with Crippen LogP contribution < -0.4 is 5.32 Å². The summed E-state index contributed by atoms with van der Waals surface area (Å²) in [5.41, 5.74) is 2.42. The van der Waals surface area contributed by atoms with E-state index in [1.807, 2.05) is 18.5 Å². The van der Waals surface area contributed by atoms with Crippen LogP contribution in [0.15, 0.2) is 42.7 Å².